The van der Waals surface area contributed by atoms with Crippen LogP contribution in [-0.2, 0) is 23.2 Å². The molecule has 282 valence electrons. The quantitative estimate of drug-likeness (QED) is 0.150. The molecule has 2 atom stereocenters. The summed E-state index contributed by atoms with van der Waals surface area (Å²) in [5, 5.41) is 27.4. The van der Waals surface area contributed by atoms with Gasteiger partial charge in [0.05, 0.1) is 0 Å². The molecule has 0 spiro atoms. The van der Waals surface area contributed by atoms with E-state index < -0.39 is 15.8 Å². The molecule has 8 bridgehead atoms. The zero-order chi connectivity index (χ0) is 36.6. The Kier molecular flexibility index (Phi) is 9.31. The minimum absolute atomic E-state index is 0.182. The van der Waals surface area contributed by atoms with E-state index >= 15 is 0 Å². The smallest absolute Gasteiger partial charge is 0.122 e. The van der Waals surface area contributed by atoms with Crippen LogP contribution in [0.3, 0.4) is 0 Å². The van der Waals surface area contributed by atoms with Crippen LogP contribution in [0.2, 0.25) is 0 Å². The van der Waals surface area contributed by atoms with Crippen molar-refractivity contribution < 1.29 is 10.2 Å². The molecule has 12 rings (SSSR count). The number of phenolic OH excluding ortho intramolecular Hbond substituents is 2. The Labute approximate surface area is 327 Å². The predicted octanol–water partition coefficient (Wildman–Crippen LogP) is 12.0. The Hall–Kier alpha value is -2.66. The number of benzene rings is 4. The van der Waals surface area contributed by atoms with Gasteiger partial charge >= 0.3 is 0 Å². The van der Waals surface area contributed by atoms with Crippen LogP contribution in [0.4, 0.5) is 0 Å². The molecule has 2 N–H and O–H groups in total. The standard InChI is InChI=1S/C50H60O2P2/c1-33-15-41(47(51)45(17-33)49-25-35-19-36(26-49)21-37(20-35)27-49)31-53(43-9-5-3-6-10-43)13-14-54(44-11-7-4-8-12-44)32-42-16-34(2)18-46(48(42)52)50-28-38-22-39(29-50)24-40(23-38)30-50/h3-12,15-18,35-40,51-52H,13-14,19-32H2,1-2H3/t35?,36?,37?,38?,39?,40?,49?,50?,53-,54-/m1/s1. The minimum atomic E-state index is -0.549. The highest BCUT2D eigenvalue weighted by atomic mass is 31.1. The molecule has 0 heterocycles. The molecular formula is C50H60O2P2. The van der Waals surface area contributed by atoms with Gasteiger partial charge in [-0.2, -0.15) is 0 Å². The highest BCUT2D eigenvalue weighted by Gasteiger charge is 2.54. The normalized spacial score (nSPS) is 32.9. The first-order valence-corrected chi connectivity index (χ1v) is 24.9. The number of phenols is 2. The van der Waals surface area contributed by atoms with Crippen molar-refractivity contribution in [3.63, 3.8) is 0 Å². The molecule has 8 aliphatic rings. The van der Waals surface area contributed by atoms with E-state index in [-0.39, 0.29) is 10.8 Å². The SMILES string of the molecule is Cc1cc(C[P@@](CC[P@](Cc2cc(C)cc(C34CC5CC(CC(C5)C3)C4)c2O)c2ccccc2)c2ccccc2)c(O)c(C23CC4CC(CC(C4)C2)C3)c1. The van der Waals surface area contributed by atoms with Crippen molar-refractivity contribution in [1.29, 1.82) is 0 Å². The van der Waals surface area contributed by atoms with E-state index in [0.29, 0.717) is 11.5 Å². The molecule has 8 saturated carbocycles. The summed E-state index contributed by atoms with van der Waals surface area (Å²) >= 11 is 0. The van der Waals surface area contributed by atoms with Crippen LogP contribution < -0.4 is 10.6 Å². The highest BCUT2D eigenvalue weighted by molar-refractivity contribution is 7.68. The first-order chi connectivity index (χ1) is 26.2. The molecule has 0 aromatic heterocycles. The van der Waals surface area contributed by atoms with Crippen molar-refractivity contribution >= 4 is 26.5 Å². The molecule has 0 radical (unpaired) electrons. The zero-order valence-corrected chi connectivity index (χ0v) is 34.4. The first-order valence-electron chi connectivity index (χ1n) is 21.5. The molecule has 8 fully saturated rings. The molecule has 0 saturated heterocycles. The van der Waals surface area contributed by atoms with Crippen molar-refractivity contribution in [2.24, 2.45) is 35.5 Å². The van der Waals surface area contributed by atoms with Gasteiger partial charge in [0.2, 0.25) is 0 Å². The second-order valence-corrected chi connectivity index (χ2v) is 24.3. The summed E-state index contributed by atoms with van der Waals surface area (Å²) in [7, 11) is -1.10. The van der Waals surface area contributed by atoms with Crippen LogP contribution in [0.15, 0.2) is 84.9 Å². The molecular weight excluding hydrogens is 694 g/mol. The summed E-state index contributed by atoms with van der Waals surface area (Å²) in [4.78, 5) is 0. The van der Waals surface area contributed by atoms with E-state index in [2.05, 4.69) is 98.8 Å². The van der Waals surface area contributed by atoms with Crippen LogP contribution in [-0.4, -0.2) is 22.5 Å². The highest BCUT2D eigenvalue weighted by Crippen LogP contribution is 2.64. The second kappa shape index (κ2) is 14.1. The summed E-state index contributed by atoms with van der Waals surface area (Å²) < 4.78 is 0. The Balaban J connectivity index is 0.952. The van der Waals surface area contributed by atoms with Crippen molar-refractivity contribution in [2.75, 3.05) is 12.3 Å². The van der Waals surface area contributed by atoms with Crippen LogP contribution >= 0.6 is 15.8 Å². The van der Waals surface area contributed by atoms with E-state index in [4.69, 9.17) is 0 Å². The lowest BCUT2D eigenvalue weighted by Gasteiger charge is -2.57. The molecule has 4 aromatic carbocycles. The average Bonchev–Trinajstić information content (AvgIpc) is 3.14. The Morgan fingerprint density at radius 2 is 0.796 bits per heavy atom. The first kappa shape index (κ1) is 35.7. The third kappa shape index (κ3) is 6.58. The molecule has 2 nitrogen and oxygen atoms in total. The van der Waals surface area contributed by atoms with Gasteiger partial charge in [-0.25, -0.2) is 0 Å². The zero-order valence-electron chi connectivity index (χ0n) is 32.6. The molecule has 8 aliphatic carbocycles. The summed E-state index contributed by atoms with van der Waals surface area (Å²) in [5.41, 5.74) is 7.92. The second-order valence-electron chi connectivity index (χ2n) is 19.6. The fourth-order valence-electron chi connectivity index (χ4n) is 14.2. The Morgan fingerprint density at radius 1 is 0.481 bits per heavy atom. The van der Waals surface area contributed by atoms with Crippen LogP contribution in [0.25, 0.3) is 0 Å². The number of rotatable bonds is 11. The predicted molar refractivity (Wildman–Crippen MR) is 229 cm³/mol. The average molecular weight is 755 g/mol. The van der Waals surface area contributed by atoms with Gasteiger partial charge in [0.1, 0.15) is 11.5 Å². The fraction of sp³-hybridized carbons (Fsp3) is 0.520. The summed E-state index contributed by atoms with van der Waals surface area (Å²) in [5.74, 6) is 6.38. The maximum atomic E-state index is 12.3. The van der Waals surface area contributed by atoms with E-state index in [1.807, 2.05) is 0 Å². The molecule has 4 aromatic rings. The van der Waals surface area contributed by atoms with Gasteiger partial charge in [0.15, 0.2) is 0 Å². The fourth-order valence-corrected chi connectivity index (χ4v) is 19.8. The maximum Gasteiger partial charge on any atom is 0.122 e. The van der Waals surface area contributed by atoms with E-state index in [9.17, 15) is 10.2 Å². The lowest BCUT2D eigenvalue weighted by atomic mass is 9.48. The molecule has 54 heavy (non-hydrogen) atoms. The summed E-state index contributed by atoms with van der Waals surface area (Å²) in [6.07, 6.45) is 20.3. The van der Waals surface area contributed by atoms with Crippen molar-refractivity contribution in [3.05, 3.63) is 118 Å². The molecule has 0 aliphatic heterocycles. The van der Waals surface area contributed by atoms with Gasteiger partial charge in [-0.1, -0.05) is 112 Å². The summed E-state index contributed by atoms with van der Waals surface area (Å²) in [6.45, 7) is 4.52. The van der Waals surface area contributed by atoms with Gasteiger partial charge in [-0.05, 0) is 171 Å². The maximum absolute atomic E-state index is 12.3. The third-order valence-electron chi connectivity index (χ3n) is 15.5. The van der Waals surface area contributed by atoms with Crippen LogP contribution in [0, 0.1) is 49.4 Å². The van der Waals surface area contributed by atoms with Gasteiger partial charge in [0, 0.05) is 23.5 Å². The largest absolute Gasteiger partial charge is 0.507 e. The molecule has 0 amide bonds. The van der Waals surface area contributed by atoms with Gasteiger partial charge < -0.3 is 10.2 Å². The number of hydrogen-bond donors (Lipinski definition) is 2. The van der Waals surface area contributed by atoms with Crippen molar-refractivity contribution in [1.82, 2.24) is 0 Å². The lowest BCUT2D eigenvalue weighted by molar-refractivity contribution is -0.00634. The van der Waals surface area contributed by atoms with Crippen LogP contribution in [0.5, 0.6) is 11.5 Å². The third-order valence-corrected chi connectivity index (χ3v) is 20.9. The molecule has 0 unspecified atom stereocenters. The van der Waals surface area contributed by atoms with E-state index in [1.165, 1.54) is 121 Å². The Bertz CT molecular complexity index is 1790. The number of aryl methyl sites for hydroxylation is 2. The van der Waals surface area contributed by atoms with Crippen LogP contribution in [0.1, 0.15) is 110 Å². The van der Waals surface area contributed by atoms with Gasteiger partial charge in [-0.3, -0.25) is 0 Å². The monoisotopic (exact) mass is 754 g/mol. The molecule has 4 heteroatoms. The van der Waals surface area contributed by atoms with Gasteiger partial charge in [-0.15, -0.1) is 0 Å². The Morgan fingerprint density at radius 3 is 1.11 bits per heavy atom. The van der Waals surface area contributed by atoms with Crippen molar-refractivity contribution in [3.8, 4) is 11.5 Å². The van der Waals surface area contributed by atoms with E-state index in [1.54, 1.807) is 0 Å². The number of aromatic hydroxyl groups is 2. The van der Waals surface area contributed by atoms with Crippen molar-refractivity contribution in [2.45, 2.75) is 114 Å². The topological polar surface area (TPSA) is 40.5 Å². The van der Waals surface area contributed by atoms with Gasteiger partial charge in [0.25, 0.3) is 0 Å². The minimum Gasteiger partial charge on any atom is -0.507 e. The van der Waals surface area contributed by atoms with E-state index in [0.717, 1.165) is 60.2 Å². The summed E-state index contributed by atoms with van der Waals surface area (Å²) in [6, 6.07) is 31.9. The lowest BCUT2D eigenvalue weighted by Crippen LogP contribution is -2.48. The number of hydrogen-bond acceptors (Lipinski definition) is 2.